The molecule has 0 spiro atoms. The van der Waals surface area contributed by atoms with Crippen molar-refractivity contribution in [1.29, 1.82) is 0 Å². The van der Waals surface area contributed by atoms with E-state index in [-0.39, 0.29) is 11.3 Å². The Morgan fingerprint density at radius 1 is 1.11 bits per heavy atom. The lowest BCUT2D eigenvalue weighted by Crippen LogP contribution is -2.40. The minimum atomic E-state index is -0.620. The van der Waals surface area contributed by atoms with Crippen LogP contribution in [0.15, 0.2) is 42.5 Å². The first-order valence-electron chi connectivity index (χ1n) is 7.80. The number of nitrogens with zero attached hydrogens (tertiary/aromatic N) is 1. The second-order valence-electron chi connectivity index (χ2n) is 5.32. The topological polar surface area (TPSA) is 120 Å². The van der Waals surface area contributed by atoms with E-state index in [2.05, 4.69) is 10.9 Å². The molecule has 10 heteroatoms. The minimum Gasteiger partial charge on any atom is -0.493 e. The van der Waals surface area contributed by atoms with Gasteiger partial charge in [-0.15, -0.1) is 0 Å². The van der Waals surface area contributed by atoms with Crippen molar-refractivity contribution in [2.75, 3.05) is 14.2 Å². The molecular weight excluding hydrogens is 390 g/mol. The van der Waals surface area contributed by atoms with Gasteiger partial charge < -0.3 is 9.47 Å². The van der Waals surface area contributed by atoms with Crippen LogP contribution in [0, 0.1) is 10.1 Å². The van der Waals surface area contributed by atoms with E-state index >= 15 is 0 Å². The molecule has 0 radical (unpaired) electrons. The molecule has 0 atom stereocenters. The first-order valence-corrected chi connectivity index (χ1v) is 8.18. The highest BCUT2D eigenvalue weighted by Gasteiger charge is 2.11. The third-order valence-electron chi connectivity index (χ3n) is 3.52. The molecule has 0 aliphatic rings. The quantitative estimate of drug-likeness (QED) is 0.433. The summed E-state index contributed by atoms with van der Waals surface area (Å²) in [6, 6.07) is 8.16. The van der Waals surface area contributed by atoms with Crippen LogP contribution in [-0.4, -0.2) is 31.0 Å². The number of nitro benzene ring substituents is 1. The number of non-ortho nitro benzene ring substituents is 1. The van der Waals surface area contributed by atoms with Gasteiger partial charge in [-0.25, -0.2) is 0 Å². The van der Waals surface area contributed by atoms with E-state index in [9.17, 15) is 19.7 Å². The Morgan fingerprint density at radius 2 is 1.79 bits per heavy atom. The highest BCUT2D eigenvalue weighted by atomic mass is 35.5. The van der Waals surface area contributed by atoms with E-state index in [0.717, 1.165) is 0 Å². The fourth-order valence-corrected chi connectivity index (χ4v) is 2.47. The van der Waals surface area contributed by atoms with Crippen molar-refractivity contribution in [3.8, 4) is 11.5 Å². The van der Waals surface area contributed by atoms with Gasteiger partial charge in [0.05, 0.1) is 24.2 Å². The highest BCUT2D eigenvalue weighted by molar-refractivity contribution is 6.32. The molecule has 0 aromatic heterocycles. The van der Waals surface area contributed by atoms with Gasteiger partial charge in [-0.2, -0.15) is 0 Å². The average Bonchev–Trinajstić information content (AvgIpc) is 2.69. The third-order valence-corrected chi connectivity index (χ3v) is 3.80. The number of ether oxygens (including phenoxy) is 2. The van der Waals surface area contributed by atoms with Crippen molar-refractivity contribution in [2.45, 2.75) is 0 Å². The molecule has 2 N–H and O–H groups in total. The summed E-state index contributed by atoms with van der Waals surface area (Å²) in [5.74, 6) is -0.436. The second-order valence-corrected chi connectivity index (χ2v) is 5.73. The van der Waals surface area contributed by atoms with Crippen molar-refractivity contribution in [3.05, 3.63) is 68.7 Å². The molecule has 2 amide bonds. The molecule has 146 valence electrons. The summed E-state index contributed by atoms with van der Waals surface area (Å²) < 4.78 is 10.3. The molecule has 0 aliphatic heterocycles. The van der Waals surface area contributed by atoms with E-state index in [1.165, 1.54) is 50.6 Å². The average molecular weight is 406 g/mol. The Morgan fingerprint density at radius 3 is 2.36 bits per heavy atom. The maximum Gasteiger partial charge on any atom is 0.269 e. The first kappa shape index (κ1) is 20.7. The van der Waals surface area contributed by atoms with Crippen LogP contribution in [0.2, 0.25) is 5.02 Å². The van der Waals surface area contributed by atoms with E-state index in [1.807, 2.05) is 0 Å². The van der Waals surface area contributed by atoms with E-state index in [4.69, 9.17) is 21.1 Å². The molecule has 2 aromatic rings. The zero-order valence-electron chi connectivity index (χ0n) is 14.9. The van der Waals surface area contributed by atoms with Gasteiger partial charge >= 0.3 is 0 Å². The lowest BCUT2D eigenvalue weighted by molar-refractivity contribution is -0.384. The van der Waals surface area contributed by atoms with Gasteiger partial charge in [-0.3, -0.25) is 30.6 Å². The molecular formula is C18H16ClN3O6. The Hall–Kier alpha value is -3.59. The number of hydrogen-bond donors (Lipinski definition) is 2. The van der Waals surface area contributed by atoms with Crippen LogP contribution >= 0.6 is 11.6 Å². The molecule has 0 aliphatic carbocycles. The van der Waals surface area contributed by atoms with Crippen LogP contribution < -0.4 is 20.3 Å². The second kappa shape index (κ2) is 9.38. The summed E-state index contributed by atoms with van der Waals surface area (Å²) in [7, 11) is 2.92. The summed E-state index contributed by atoms with van der Waals surface area (Å²) in [4.78, 5) is 33.8. The molecule has 0 saturated carbocycles. The SMILES string of the molecule is COc1cc(/C=C/C(=O)NNC(=O)c2ccc([N+](=O)[O-])cc2)cc(Cl)c1OC. The van der Waals surface area contributed by atoms with Gasteiger partial charge in [0.2, 0.25) is 0 Å². The van der Waals surface area contributed by atoms with E-state index in [0.29, 0.717) is 22.1 Å². The number of carbonyl (C=O) groups is 2. The summed E-state index contributed by atoms with van der Waals surface area (Å²) in [5, 5.41) is 10.9. The van der Waals surface area contributed by atoms with Crippen molar-refractivity contribution in [1.82, 2.24) is 10.9 Å². The monoisotopic (exact) mass is 405 g/mol. The summed E-state index contributed by atoms with van der Waals surface area (Å²) in [6.07, 6.45) is 2.66. The number of halogens is 1. The van der Waals surface area contributed by atoms with Crippen molar-refractivity contribution < 1.29 is 24.0 Å². The molecule has 0 saturated heterocycles. The lowest BCUT2D eigenvalue weighted by Gasteiger charge is -2.10. The lowest BCUT2D eigenvalue weighted by atomic mass is 10.2. The molecule has 2 aromatic carbocycles. The fraction of sp³-hybridized carbons (Fsp3) is 0.111. The Bertz CT molecular complexity index is 928. The van der Waals surface area contributed by atoms with Gasteiger partial charge in [0.1, 0.15) is 0 Å². The number of hydrogen-bond acceptors (Lipinski definition) is 6. The first-order chi connectivity index (χ1) is 13.3. The molecule has 0 fully saturated rings. The standard InChI is InChI=1S/C18H16ClN3O6/c1-27-15-10-11(9-14(19)17(15)28-2)3-8-16(23)20-21-18(24)12-4-6-13(7-5-12)22(25)26/h3-10H,1-2H3,(H,20,23)(H,21,24)/b8-3+. The number of carbonyl (C=O) groups excluding carboxylic acids is 2. The smallest absolute Gasteiger partial charge is 0.269 e. The Labute approximate surface area is 165 Å². The van der Waals surface area contributed by atoms with Crippen LogP contribution in [0.3, 0.4) is 0 Å². The number of amides is 2. The molecule has 0 unspecified atom stereocenters. The predicted molar refractivity (Wildman–Crippen MR) is 102 cm³/mol. The minimum absolute atomic E-state index is 0.142. The summed E-state index contributed by atoms with van der Waals surface area (Å²) in [5.41, 5.74) is 5.01. The van der Waals surface area contributed by atoms with Crippen LogP contribution in [0.5, 0.6) is 11.5 Å². The van der Waals surface area contributed by atoms with E-state index in [1.54, 1.807) is 12.1 Å². The summed E-state index contributed by atoms with van der Waals surface area (Å²) in [6.45, 7) is 0. The Kier molecular flexibility index (Phi) is 6.94. The van der Waals surface area contributed by atoms with Crippen molar-refractivity contribution in [2.24, 2.45) is 0 Å². The third kappa shape index (κ3) is 5.21. The molecule has 2 rings (SSSR count). The van der Waals surface area contributed by atoms with Crippen LogP contribution in [-0.2, 0) is 4.79 Å². The number of benzene rings is 2. The number of nitro groups is 1. The van der Waals surface area contributed by atoms with Crippen molar-refractivity contribution >= 4 is 35.2 Å². The zero-order chi connectivity index (χ0) is 20.7. The van der Waals surface area contributed by atoms with E-state index < -0.39 is 16.7 Å². The normalized spacial score (nSPS) is 10.4. The largest absolute Gasteiger partial charge is 0.493 e. The van der Waals surface area contributed by atoms with Crippen molar-refractivity contribution in [3.63, 3.8) is 0 Å². The van der Waals surface area contributed by atoms with Gasteiger partial charge in [-0.1, -0.05) is 11.6 Å². The molecule has 9 nitrogen and oxygen atoms in total. The van der Waals surface area contributed by atoms with Gasteiger partial charge in [0.25, 0.3) is 17.5 Å². The maximum atomic E-state index is 11.9. The fourth-order valence-electron chi connectivity index (χ4n) is 2.17. The zero-order valence-corrected chi connectivity index (χ0v) is 15.6. The number of nitrogens with one attached hydrogen (secondary N) is 2. The number of hydrazine groups is 1. The van der Waals surface area contributed by atoms with Gasteiger partial charge in [0.15, 0.2) is 11.5 Å². The highest BCUT2D eigenvalue weighted by Crippen LogP contribution is 2.36. The van der Waals surface area contributed by atoms with Crippen LogP contribution in [0.1, 0.15) is 15.9 Å². The van der Waals surface area contributed by atoms with Crippen LogP contribution in [0.4, 0.5) is 5.69 Å². The maximum absolute atomic E-state index is 11.9. The molecule has 28 heavy (non-hydrogen) atoms. The van der Waals surface area contributed by atoms with Gasteiger partial charge in [-0.05, 0) is 35.9 Å². The summed E-state index contributed by atoms with van der Waals surface area (Å²) >= 11 is 6.09. The number of methoxy groups -OCH3 is 2. The molecule has 0 heterocycles. The predicted octanol–water partition coefficient (Wildman–Crippen LogP) is 2.74. The van der Waals surface area contributed by atoms with Gasteiger partial charge in [0, 0.05) is 23.8 Å². The Balaban J connectivity index is 1.97. The number of rotatable bonds is 6. The molecule has 0 bridgehead atoms. The van der Waals surface area contributed by atoms with Crippen LogP contribution in [0.25, 0.3) is 6.08 Å².